The van der Waals surface area contributed by atoms with E-state index in [1.165, 1.54) is 144 Å². The summed E-state index contributed by atoms with van der Waals surface area (Å²) in [6, 6.07) is 182. The quantitative estimate of drug-likeness (QED) is 0.122. The predicted octanol–water partition coefficient (Wildman–Crippen LogP) is 39.5. The summed E-state index contributed by atoms with van der Waals surface area (Å²) in [5, 5.41) is 14.3. The number of hydrogen-bond donors (Lipinski definition) is 0. The maximum atomic E-state index is 6.96. The number of hydrogen-bond acceptors (Lipinski definition) is 6. The van der Waals surface area contributed by atoms with Gasteiger partial charge >= 0.3 is 0 Å². The standard InChI is InChI=1S/C46H28N2O2.C46H28N2OS.C46H28N2S2/c1-3-15-29(16-4-1)47-39-27-11-9-21-35(39)45-41(47)37-25-13-23-33(43(37)49-45)31-19-7-8-20-32(31)34-24-14-26-38-42-46(50-44(34)38)36-22-10-12-28-40(36)48(42)30-17-5-2-6-18-30;1-3-15-29(16-4-1)47-39-27-11-9-21-35(39)44-41(47)37-25-13-23-33(43(37)49-44)31-19-7-8-20-32(31)34-24-14-26-38-42-46(50-45(34)38)36-22-10-12-28-40(36)48(42)30-17-5-2-6-18-30;1-3-15-29(16-4-1)47-39-27-11-9-21-35(39)45-41(47)37-25-13-23-33(43(37)49-45)31-19-7-8-20-32(31)34-24-14-26-38-42-46(50-44(34)38)36-22-10-12-28-40(36)48(42)30-17-5-2-6-18-30/h3*1-28H. The molecule has 0 bridgehead atoms. The topological polar surface area (TPSA) is 69.0 Å². The Labute approximate surface area is 870 Å². The largest absolute Gasteiger partial charge is 0.453 e. The molecule has 0 saturated carbocycles. The molecule has 0 unspecified atom stereocenters. The highest BCUT2D eigenvalue weighted by molar-refractivity contribution is 7.28. The van der Waals surface area contributed by atoms with Crippen molar-refractivity contribution in [2.24, 2.45) is 0 Å². The average Bonchev–Trinajstić information content (AvgIpc) is 1.57. The van der Waals surface area contributed by atoms with Crippen LogP contribution in [0.5, 0.6) is 0 Å². The lowest BCUT2D eigenvalue weighted by atomic mass is 9.93. The molecule has 0 aliphatic carbocycles. The van der Waals surface area contributed by atoms with E-state index >= 15 is 0 Å². The molecule has 0 atom stereocenters. The molecule has 33 aromatic rings. The summed E-state index contributed by atoms with van der Waals surface area (Å²) in [4.78, 5) is 0. The highest BCUT2D eigenvalue weighted by Crippen LogP contribution is 2.56. The zero-order valence-corrected chi connectivity index (χ0v) is 83.1. The number of rotatable bonds is 12. The van der Waals surface area contributed by atoms with E-state index in [2.05, 4.69) is 537 Å². The van der Waals surface area contributed by atoms with E-state index in [1.807, 2.05) is 34.0 Å². The van der Waals surface area contributed by atoms with Gasteiger partial charge in [0.1, 0.15) is 33.3 Å². The van der Waals surface area contributed by atoms with Crippen LogP contribution in [0.1, 0.15) is 0 Å². The van der Waals surface area contributed by atoms with Gasteiger partial charge in [0.05, 0.1) is 63.8 Å². The van der Waals surface area contributed by atoms with Gasteiger partial charge in [0.25, 0.3) is 0 Å². The lowest BCUT2D eigenvalue weighted by molar-refractivity contribution is 0.673. The Morgan fingerprint density at radius 3 is 0.520 bits per heavy atom. The molecule has 9 nitrogen and oxygen atoms in total. The minimum absolute atomic E-state index is 0.874. The molecule has 150 heavy (non-hydrogen) atoms. The molecule has 0 aliphatic rings. The second-order valence-electron chi connectivity index (χ2n) is 38.5. The van der Waals surface area contributed by atoms with Crippen LogP contribution >= 0.6 is 34.0 Å². The fourth-order valence-electron chi connectivity index (χ4n) is 24.2. The Kier molecular flexibility index (Phi) is 19.5. The van der Waals surface area contributed by atoms with Crippen molar-refractivity contribution in [1.82, 2.24) is 27.4 Å². The van der Waals surface area contributed by atoms with Gasteiger partial charge in [-0.3, -0.25) is 0 Å². The van der Waals surface area contributed by atoms with E-state index in [-0.39, 0.29) is 0 Å². The third-order valence-corrected chi connectivity index (χ3v) is 34.2. The van der Waals surface area contributed by atoms with Gasteiger partial charge in [-0.05, 0) is 179 Å². The number of nitrogens with zero attached hydrogens (tertiary/aromatic N) is 6. The third kappa shape index (κ3) is 12.9. The Morgan fingerprint density at radius 2 is 0.280 bits per heavy atom. The minimum Gasteiger partial charge on any atom is -0.453 e. The molecule has 12 aromatic heterocycles. The smallest absolute Gasteiger partial charge is 0.161 e. The summed E-state index contributed by atoms with van der Waals surface area (Å²) in [7, 11) is 0. The zero-order chi connectivity index (χ0) is 98.3. The molecule has 702 valence electrons. The van der Waals surface area contributed by atoms with Crippen LogP contribution in [0.3, 0.4) is 0 Å². The molecule has 33 rings (SSSR count). The van der Waals surface area contributed by atoms with Crippen molar-refractivity contribution >= 4 is 227 Å². The van der Waals surface area contributed by atoms with Crippen molar-refractivity contribution in [3.05, 3.63) is 510 Å². The van der Waals surface area contributed by atoms with Gasteiger partial charge in [-0.1, -0.05) is 364 Å². The first-order chi connectivity index (χ1) is 74.5. The second-order valence-corrected chi connectivity index (χ2v) is 41.6. The molecule has 0 N–H and O–H groups in total. The Hall–Kier alpha value is -19.1. The van der Waals surface area contributed by atoms with E-state index < -0.39 is 0 Å². The highest BCUT2D eigenvalue weighted by atomic mass is 32.1. The van der Waals surface area contributed by atoms with Gasteiger partial charge in [0.2, 0.25) is 0 Å². The summed E-state index contributed by atoms with van der Waals surface area (Å²) in [6.45, 7) is 0. The number of benzene rings is 21. The number of furan rings is 3. The Balaban J connectivity index is 0.000000101. The lowest BCUT2D eigenvalue weighted by Gasteiger charge is -2.13. The Morgan fingerprint density at radius 1 is 0.113 bits per heavy atom. The van der Waals surface area contributed by atoms with E-state index in [1.54, 1.807) is 0 Å². The first-order valence-corrected chi connectivity index (χ1v) is 53.3. The molecule has 0 aliphatic heterocycles. The van der Waals surface area contributed by atoms with Gasteiger partial charge in [0, 0.05) is 146 Å². The van der Waals surface area contributed by atoms with Crippen molar-refractivity contribution in [3.8, 4) is 101 Å². The zero-order valence-electron chi connectivity index (χ0n) is 80.6. The third-order valence-electron chi connectivity index (χ3n) is 30.4. The molecule has 0 saturated heterocycles. The second kappa shape index (κ2) is 34.3. The number of para-hydroxylation sites is 15. The van der Waals surface area contributed by atoms with E-state index in [9.17, 15) is 0 Å². The summed E-state index contributed by atoms with van der Waals surface area (Å²) in [5.41, 5.74) is 40.5. The molecule has 0 amide bonds. The van der Waals surface area contributed by atoms with Gasteiger partial charge in [-0.2, -0.15) is 0 Å². The molecule has 0 spiro atoms. The van der Waals surface area contributed by atoms with Crippen LogP contribution in [0, 0.1) is 0 Å². The molecule has 12 heterocycles. The monoisotopic (exact) mass is 1970 g/mol. The van der Waals surface area contributed by atoms with Gasteiger partial charge in [-0.25, -0.2) is 0 Å². The SMILES string of the molecule is c1ccc(-n2c3ccccc3c3oc4c(-c5ccccc5-c5cccc6c5oc5c7ccccc7n(-c7ccccc7)c65)cccc4c32)cc1.c1ccc(-n2c3ccccc3c3oc4c(-c5ccccc5-c5cccc6c5sc5c7ccccc7n(-c7ccccc7)c65)cccc4c32)cc1.c1ccc(-n2c3ccccc3c3sc4c(-c5ccccc5-c5cccc6c5sc5c7ccccc7n(-c7ccccc7)c65)cccc4c32)cc1. The first-order valence-electron chi connectivity index (χ1n) is 50.8. The minimum atomic E-state index is 0.874. The normalized spacial score (nSPS) is 12.0. The average molecular weight is 1970 g/mol. The molecular weight excluding hydrogens is 1890 g/mol. The van der Waals surface area contributed by atoms with Crippen LogP contribution in [0.2, 0.25) is 0 Å². The van der Waals surface area contributed by atoms with Crippen molar-refractivity contribution < 1.29 is 13.3 Å². The number of fused-ring (bicyclic) bond motifs is 30. The summed E-state index contributed by atoms with van der Waals surface area (Å²) in [5.74, 6) is 0. The van der Waals surface area contributed by atoms with Gasteiger partial charge in [0.15, 0.2) is 16.7 Å². The summed E-state index contributed by atoms with van der Waals surface area (Å²) < 4.78 is 43.1. The van der Waals surface area contributed by atoms with Crippen LogP contribution in [0.25, 0.3) is 293 Å². The van der Waals surface area contributed by atoms with Crippen LogP contribution < -0.4 is 0 Å². The number of aromatic nitrogens is 6. The van der Waals surface area contributed by atoms with E-state index in [0.717, 1.165) is 149 Å². The van der Waals surface area contributed by atoms with Crippen molar-refractivity contribution in [1.29, 1.82) is 0 Å². The Bertz CT molecular complexity index is 9630. The maximum Gasteiger partial charge on any atom is 0.161 e. The molecule has 21 aromatic carbocycles. The van der Waals surface area contributed by atoms with Gasteiger partial charge in [-0.15, -0.1) is 34.0 Å². The molecular formula is C138H84N6O3S3. The molecule has 0 fully saturated rings. The predicted molar refractivity (Wildman–Crippen MR) is 633 cm³/mol. The van der Waals surface area contributed by atoms with Crippen LogP contribution in [-0.2, 0) is 0 Å². The van der Waals surface area contributed by atoms with Crippen molar-refractivity contribution in [2.75, 3.05) is 0 Å². The maximum absolute atomic E-state index is 6.96. The fourth-order valence-corrected chi connectivity index (χ4v) is 28.2. The van der Waals surface area contributed by atoms with Crippen LogP contribution in [-0.4, -0.2) is 27.4 Å². The van der Waals surface area contributed by atoms with Gasteiger partial charge < -0.3 is 40.7 Å². The highest BCUT2D eigenvalue weighted by Gasteiger charge is 2.31. The van der Waals surface area contributed by atoms with Crippen LogP contribution in [0.15, 0.2) is 523 Å². The molecule has 0 radical (unpaired) electrons. The summed E-state index contributed by atoms with van der Waals surface area (Å²) in [6.07, 6.45) is 0. The lowest BCUT2D eigenvalue weighted by Crippen LogP contribution is -1.93. The fraction of sp³-hybridized carbons (Fsp3) is 0. The van der Waals surface area contributed by atoms with E-state index in [4.69, 9.17) is 13.3 Å². The molecule has 12 heteroatoms. The van der Waals surface area contributed by atoms with Crippen molar-refractivity contribution in [3.63, 3.8) is 0 Å². The van der Waals surface area contributed by atoms with E-state index in [0.29, 0.717) is 0 Å². The van der Waals surface area contributed by atoms with Crippen molar-refractivity contribution in [2.45, 2.75) is 0 Å². The van der Waals surface area contributed by atoms with Crippen LogP contribution in [0.4, 0.5) is 0 Å². The number of thiophene rings is 3. The first kappa shape index (κ1) is 85.3. The summed E-state index contributed by atoms with van der Waals surface area (Å²) >= 11 is 5.73.